The first-order chi connectivity index (χ1) is 9.60. The number of benzene rings is 1. The summed E-state index contributed by atoms with van der Waals surface area (Å²) < 4.78 is 5.15. The first-order valence-electron chi connectivity index (χ1n) is 6.13. The summed E-state index contributed by atoms with van der Waals surface area (Å²) in [5.74, 6) is 0.441. The summed E-state index contributed by atoms with van der Waals surface area (Å²) in [6.45, 7) is 1.59. The third-order valence-electron chi connectivity index (χ3n) is 2.70. The third-order valence-corrected chi connectivity index (χ3v) is 2.70. The van der Waals surface area contributed by atoms with E-state index in [9.17, 15) is 4.79 Å². The molecule has 3 N–H and O–H groups in total. The van der Waals surface area contributed by atoms with E-state index >= 15 is 0 Å². The van der Waals surface area contributed by atoms with Crippen molar-refractivity contribution >= 4 is 23.0 Å². The van der Waals surface area contributed by atoms with E-state index < -0.39 is 6.04 Å². The van der Waals surface area contributed by atoms with Crippen molar-refractivity contribution in [1.29, 1.82) is 0 Å². The fraction of sp³-hybridized carbons (Fsp3) is 0.214. The van der Waals surface area contributed by atoms with Gasteiger partial charge in [0.1, 0.15) is 5.75 Å². The van der Waals surface area contributed by atoms with E-state index in [1.54, 1.807) is 14.0 Å². The van der Waals surface area contributed by atoms with Crippen LogP contribution in [0.4, 0.5) is 0 Å². The van der Waals surface area contributed by atoms with E-state index in [1.807, 2.05) is 30.3 Å². The van der Waals surface area contributed by atoms with Crippen molar-refractivity contribution in [1.82, 2.24) is 10.4 Å². The van der Waals surface area contributed by atoms with Crippen LogP contribution in [0, 0.1) is 0 Å². The fourth-order valence-electron chi connectivity index (χ4n) is 1.58. The summed E-state index contributed by atoms with van der Waals surface area (Å²) >= 11 is 0. The average Bonchev–Trinajstić information content (AvgIpc) is 2.46. The lowest BCUT2D eigenvalue weighted by molar-refractivity contribution is -0.121. The van der Waals surface area contributed by atoms with Gasteiger partial charge >= 0.3 is 0 Å². The zero-order chi connectivity index (χ0) is 14.5. The van der Waals surface area contributed by atoms with E-state index in [-0.39, 0.29) is 5.91 Å². The number of aromatic nitrogens is 1. The molecular weight excluding hydrogens is 256 g/mol. The van der Waals surface area contributed by atoms with Gasteiger partial charge in [-0.15, -0.1) is 0 Å². The van der Waals surface area contributed by atoms with Gasteiger partial charge < -0.3 is 10.5 Å². The topological polar surface area (TPSA) is 89.6 Å². The average molecular weight is 272 g/mol. The number of carbonyl (C=O) groups is 1. The Hall–Kier alpha value is -2.47. The minimum absolute atomic E-state index is 0.341. The fourth-order valence-corrected chi connectivity index (χ4v) is 1.58. The molecule has 0 saturated heterocycles. The summed E-state index contributed by atoms with van der Waals surface area (Å²) in [6, 6.07) is 8.74. The maximum Gasteiger partial charge on any atom is 0.256 e. The van der Waals surface area contributed by atoms with E-state index in [2.05, 4.69) is 15.5 Å². The molecule has 0 aliphatic carbocycles. The molecule has 6 nitrogen and oxygen atoms in total. The maximum atomic E-state index is 11.2. The van der Waals surface area contributed by atoms with E-state index in [0.29, 0.717) is 5.69 Å². The maximum absolute atomic E-state index is 11.2. The molecule has 1 aromatic heterocycles. The lowest BCUT2D eigenvalue weighted by Gasteiger charge is -2.03. The predicted molar refractivity (Wildman–Crippen MR) is 77.7 cm³/mol. The number of hydrogen-bond donors (Lipinski definition) is 2. The Labute approximate surface area is 116 Å². The highest BCUT2D eigenvalue weighted by Gasteiger charge is 2.04. The van der Waals surface area contributed by atoms with Gasteiger partial charge in [0.05, 0.1) is 30.6 Å². The zero-order valence-corrected chi connectivity index (χ0v) is 11.3. The Bertz CT molecular complexity index is 653. The number of nitrogens with zero attached hydrogens (tertiary/aromatic N) is 2. The van der Waals surface area contributed by atoms with Gasteiger partial charge in [0, 0.05) is 5.39 Å². The summed E-state index contributed by atoms with van der Waals surface area (Å²) in [6.07, 6.45) is 1.48. The van der Waals surface area contributed by atoms with Crippen LogP contribution in [0.1, 0.15) is 12.6 Å². The quantitative estimate of drug-likeness (QED) is 0.643. The minimum atomic E-state index is -0.593. The van der Waals surface area contributed by atoms with Gasteiger partial charge in [0.25, 0.3) is 5.91 Å². The molecule has 0 aliphatic rings. The molecule has 0 aliphatic heterocycles. The van der Waals surface area contributed by atoms with Crippen LogP contribution in [-0.2, 0) is 4.79 Å². The van der Waals surface area contributed by atoms with Gasteiger partial charge in [-0.2, -0.15) is 5.10 Å². The van der Waals surface area contributed by atoms with Gasteiger partial charge in [0.15, 0.2) is 0 Å². The molecule has 0 spiro atoms. The van der Waals surface area contributed by atoms with Crippen LogP contribution in [0.3, 0.4) is 0 Å². The van der Waals surface area contributed by atoms with E-state index in [4.69, 9.17) is 10.5 Å². The predicted octanol–water partition coefficient (Wildman–Crippen LogP) is 1.04. The zero-order valence-electron chi connectivity index (χ0n) is 11.3. The number of fused-ring (bicyclic) bond motifs is 1. The number of hydrogen-bond acceptors (Lipinski definition) is 5. The van der Waals surface area contributed by atoms with Crippen LogP contribution >= 0.6 is 0 Å². The number of hydrazone groups is 1. The normalized spacial score (nSPS) is 12.6. The molecule has 0 radical (unpaired) electrons. The highest BCUT2D eigenvalue weighted by atomic mass is 16.5. The van der Waals surface area contributed by atoms with Crippen molar-refractivity contribution in [3.63, 3.8) is 0 Å². The van der Waals surface area contributed by atoms with Crippen LogP contribution in [-0.4, -0.2) is 30.3 Å². The summed E-state index contributed by atoms with van der Waals surface area (Å²) in [7, 11) is 1.62. The van der Waals surface area contributed by atoms with Gasteiger partial charge in [0.2, 0.25) is 0 Å². The molecule has 1 atom stereocenters. The first-order valence-corrected chi connectivity index (χ1v) is 6.13. The van der Waals surface area contributed by atoms with Crippen molar-refractivity contribution < 1.29 is 9.53 Å². The Morgan fingerprint density at radius 2 is 2.25 bits per heavy atom. The Morgan fingerprint density at radius 3 is 2.95 bits per heavy atom. The highest BCUT2D eigenvalue weighted by molar-refractivity contribution is 5.87. The van der Waals surface area contributed by atoms with Crippen LogP contribution in [0.5, 0.6) is 5.75 Å². The standard InChI is InChI=1S/C14H16N4O2/c1-9(15)14(19)18-16-8-11-4-3-10-7-12(20-2)5-6-13(10)17-11/h3-9H,15H2,1-2H3,(H,18,19). The van der Waals surface area contributed by atoms with Gasteiger partial charge in [-0.1, -0.05) is 6.07 Å². The number of pyridine rings is 1. The minimum Gasteiger partial charge on any atom is -0.497 e. The van der Waals surface area contributed by atoms with Crippen LogP contribution in [0.15, 0.2) is 35.4 Å². The molecule has 0 bridgehead atoms. The number of methoxy groups -OCH3 is 1. The molecule has 2 rings (SSSR count). The van der Waals surface area contributed by atoms with Crippen molar-refractivity contribution in [3.8, 4) is 5.75 Å². The number of rotatable bonds is 4. The van der Waals surface area contributed by atoms with Gasteiger partial charge in [-0.3, -0.25) is 4.79 Å². The molecular formula is C14H16N4O2. The number of amides is 1. The second-order valence-electron chi connectivity index (χ2n) is 4.32. The largest absolute Gasteiger partial charge is 0.497 e. The van der Waals surface area contributed by atoms with Crippen molar-refractivity contribution in [2.24, 2.45) is 10.8 Å². The molecule has 0 fully saturated rings. The van der Waals surface area contributed by atoms with Crippen molar-refractivity contribution in [2.75, 3.05) is 7.11 Å². The second kappa shape index (κ2) is 6.12. The highest BCUT2D eigenvalue weighted by Crippen LogP contribution is 2.19. The Balaban J connectivity index is 2.16. The molecule has 1 heterocycles. The number of nitrogens with one attached hydrogen (secondary N) is 1. The summed E-state index contributed by atoms with van der Waals surface area (Å²) in [4.78, 5) is 15.6. The molecule has 1 unspecified atom stereocenters. The smallest absolute Gasteiger partial charge is 0.256 e. The molecule has 1 amide bonds. The molecule has 2 aromatic rings. The monoisotopic (exact) mass is 272 g/mol. The summed E-state index contributed by atoms with van der Waals surface area (Å²) in [5.41, 5.74) is 9.22. The first kappa shape index (κ1) is 14.0. The van der Waals surface area contributed by atoms with Crippen molar-refractivity contribution in [2.45, 2.75) is 13.0 Å². The molecule has 20 heavy (non-hydrogen) atoms. The SMILES string of the molecule is COc1ccc2nc(C=NNC(=O)C(C)N)ccc2c1. The van der Waals surface area contributed by atoms with Crippen LogP contribution in [0.25, 0.3) is 10.9 Å². The lowest BCUT2D eigenvalue weighted by Crippen LogP contribution is -2.35. The van der Waals surface area contributed by atoms with Gasteiger partial charge in [-0.25, -0.2) is 10.4 Å². The summed E-state index contributed by atoms with van der Waals surface area (Å²) in [5, 5.41) is 4.78. The number of ether oxygens (including phenoxy) is 1. The Kier molecular flexibility index (Phi) is 4.27. The van der Waals surface area contributed by atoms with Crippen LogP contribution < -0.4 is 15.9 Å². The van der Waals surface area contributed by atoms with Crippen molar-refractivity contribution in [3.05, 3.63) is 36.0 Å². The molecule has 0 saturated carbocycles. The van der Waals surface area contributed by atoms with E-state index in [1.165, 1.54) is 6.21 Å². The van der Waals surface area contributed by atoms with Gasteiger partial charge in [-0.05, 0) is 31.2 Å². The van der Waals surface area contributed by atoms with E-state index in [0.717, 1.165) is 16.7 Å². The third kappa shape index (κ3) is 3.30. The molecule has 6 heteroatoms. The lowest BCUT2D eigenvalue weighted by atomic mass is 10.2. The second-order valence-corrected chi connectivity index (χ2v) is 4.32. The molecule has 104 valence electrons. The number of carbonyl (C=O) groups excluding carboxylic acids is 1. The number of nitrogens with two attached hydrogens (primary N) is 1. The molecule has 1 aromatic carbocycles. The Morgan fingerprint density at radius 1 is 1.45 bits per heavy atom. The van der Waals surface area contributed by atoms with Crippen LogP contribution in [0.2, 0.25) is 0 Å².